The number of halogens is 1. The van der Waals surface area contributed by atoms with Crippen molar-refractivity contribution in [3.05, 3.63) is 56.5 Å². The fourth-order valence-corrected chi connectivity index (χ4v) is 7.08. The summed E-state index contributed by atoms with van der Waals surface area (Å²) >= 11 is 7.62. The molecule has 0 bridgehead atoms. The predicted octanol–water partition coefficient (Wildman–Crippen LogP) is 5.29. The number of carbonyl (C=O) groups is 1. The molecule has 2 aromatic rings. The lowest BCUT2D eigenvalue weighted by molar-refractivity contribution is 0.0949. The number of allylic oxidation sites excluding steroid dienone is 1. The van der Waals surface area contributed by atoms with Crippen LogP contribution in [0.2, 0.25) is 5.02 Å². The monoisotopic (exact) mass is 507 g/mol. The van der Waals surface area contributed by atoms with Gasteiger partial charge in [-0.15, -0.1) is 11.3 Å². The molecule has 0 spiro atoms. The Morgan fingerprint density at radius 2 is 2.06 bits per heavy atom. The molecular formula is C24H30ClN3O3S2. The first-order chi connectivity index (χ1) is 15.8. The molecule has 1 aromatic heterocycles. The van der Waals surface area contributed by atoms with Gasteiger partial charge >= 0.3 is 0 Å². The zero-order chi connectivity index (χ0) is 23.4. The lowest BCUT2D eigenvalue weighted by Crippen LogP contribution is -2.37. The average Bonchev–Trinajstić information content (AvgIpc) is 3.32. The van der Waals surface area contributed by atoms with Crippen LogP contribution in [0.3, 0.4) is 0 Å². The lowest BCUT2D eigenvalue weighted by atomic mass is 9.97. The Kier molecular flexibility index (Phi) is 7.89. The third-order valence-corrected chi connectivity index (χ3v) is 9.76. The van der Waals surface area contributed by atoms with Crippen LogP contribution >= 0.6 is 22.9 Å². The number of rotatable bonds is 7. The number of carbonyl (C=O) groups excluding carboxylic acids is 1. The van der Waals surface area contributed by atoms with Crippen LogP contribution in [0.15, 0.2) is 40.1 Å². The number of benzene rings is 1. The molecule has 0 saturated carbocycles. The fraction of sp³-hybridized carbons (Fsp3) is 0.500. The SMILES string of the molecule is Cc1ccc(S(=O)(=O)N2CCC(c3nc(C(=O)NCCC4=CCCCC4)cs3)CC2)cc1Cl. The number of piperidine rings is 1. The van der Waals surface area contributed by atoms with Crippen LogP contribution in [0.25, 0.3) is 0 Å². The van der Waals surface area contributed by atoms with E-state index in [1.807, 2.05) is 12.3 Å². The summed E-state index contributed by atoms with van der Waals surface area (Å²) in [6.07, 6.45) is 9.37. The van der Waals surface area contributed by atoms with Crippen LogP contribution in [0.5, 0.6) is 0 Å². The molecule has 1 fully saturated rings. The minimum absolute atomic E-state index is 0.134. The van der Waals surface area contributed by atoms with E-state index in [1.165, 1.54) is 40.1 Å². The van der Waals surface area contributed by atoms with Crippen molar-refractivity contribution in [2.24, 2.45) is 0 Å². The van der Waals surface area contributed by atoms with E-state index in [1.54, 1.807) is 12.1 Å². The summed E-state index contributed by atoms with van der Waals surface area (Å²) in [6, 6.07) is 4.87. The van der Waals surface area contributed by atoms with Crippen LogP contribution in [0.1, 0.15) is 71.9 Å². The molecule has 1 aliphatic carbocycles. The Morgan fingerprint density at radius 3 is 2.76 bits per heavy atom. The summed E-state index contributed by atoms with van der Waals surface area (Å²) in [5.41, 5.74) is 2.75. The van der Waals surface area contributed by atoms with E-state index in [2.05, 4.69) is 16.4 Å². The lowest BCUT2D eigenvalue weighted by Gasteiger charge is -2.30. The third kappa shape index (κ3) is 5.85. The van der Waals surface area contributed by atoms with Gasteiger partial charge in [-0.05, 0) is 69.6 Å². The third-order valence-electron chi connectivity index (χ3n) is 6.46. The minimum atomic E-state index is -3.57. The van der Waals surface area contributed by atoms with Crippen molar-refractivity contribution in [2.75, 3.05) is 19.6 Å². The van der Waals surface area contributed by atoms with Crippen molar-refractivity contribution in [1.82, 2.24) is 14.6 Å². The van der Waals surface area contributed by atoms with Crippen LogP contribution < -0.4 is 5.32 Å². The first kappa shape index (κ1) is 24.4. The minimum Gasteiger partial charge on any atom is -0.350 e. The highest BCUT2D eigenvalue weighted by atomic mass is 35.5. The normalized spacial score (nSPS) is 18.2. The van der Waals surface area contributed by atoms with Gasteiger partial charge in [0.2, 0.25) is 10.0 Å². The van der Waals surface area contributed by atoms with E-state index >= 15 is 0 Å². The van der Waals surface area contributed by atoms with Crippen LogP contribution in [0, 0.1) is 6.92 Å². The van der Waals surface area contributed by atoms with Gasteiger partial charge in [-0.1, -0.05) is 29.3 Å². The highest BCUT2D eigenvalue weighted by Crippen LogP contribution is 2.33. The number of hydrogen-bond donors (Lipinski definition) is 1. The number of sulfonamides is 1. The molecule has 0 atom stereocenters. The van der Waals surface area contributed by atoms with E-state index in [4.69, 9.17) is 11.6 Å². The van der Waals surface area contributed by atoms with Crippen LogP contribution in [0.4, 0.5) is 0 Å². The van der Waals surface area contributed by atoms with Gasteiger partial charge in [0, 0.05) is 36.0 Å². The van der Waals surface area contributed by atoms with Gasteiger partial charge in [-0.3, -0.25) is 4.79 Å². The summed E-state index contributed by atoms with van der Waals surface area (Å²) < 4.78 is 27.5. The van der Waals surface area contributed by atoms with Gasteiger partial charge in [-0.25, -0.2) is 13.4 Å². The van der Waals surface area contributed by atoms with E-state index in [0.29, 0.717) is 43.2 Å². The number of hydrogen-bond acceptors (Lipinski definition) is 5. The Balaban J connectivity index is 1.30. The molecule has 1 aliphatic heterocycles. The summed E-state index contributed by atoms with van der Waals surface area (Å²) in [7, 11) is -3.57. The van der Waals surface area contributed by atoms with Crippen LogP contribution in [-0.4, -0.2) is 43.2 Å². The van der Waals surface area contributed by atoms with E-state index in [-0.39, 0.29) is 16.7 Å². The molecule has 6 nitrogen and oxygen atoms in total. The van der Waals surface area contributed by atoms with E-state index < -0.39 is 10.0 Å². The Hall–Kier alpha value is -1.74. The standard InChI is InChI=1S/C24H30ClN3O3S2/c1-17-7-8-20(15-21(17)25)33(30,31)28-13-10-19(11-14-28)24-27-22(16-32-24)23(29)26-12-9-18-5-3-2-4-6-18/h5,7-8,15-16,19H,2-4,6,9-14H2,1H3,(H,26,29). The molecule has 9 heteroatoms. The molecule has 1 amide bonds. The highest BCUT2D eigenvalue weighted by molar-refractivity contribution is 7.89. The van der Waals surface area contributed by atoms with Gasteiger partial charge in [-0.2, -0.15) is 4.31 Å². The Morgan fingerprint density at radius 1 is 1.27 bits per heavy atom. The number of nitrogens with zero attached hydrogens (tertiary/aromatic N) is 2. The van der Waals surface area contributed by atoms with Gasteiger partial charge in [0.25, 0.3) is 5.91 Å². The van der Waals surface area contributed by atoms with Crippen molar-refractivity contribution in [3.63, 3.8) is 0 Å². The van der Waals surface area contributed by atoms with E-state index in [0.717, 1.165) is 29.8 Å². The Bertz CT molecular complexity index is 1140. The molecule has 0 unspecified atom stereocenters. The van der Waals surface area contributed by atoms with Crippen LogP contribution in [-0.2, 0) is 10.0 Å². The molecule has 1 aromatic carbocycles. The second-order valence-electron chi connectivity index (χ2n) is 8.77. The molecule has 1 saturated heterocycles. The zero-order valence-corrected chi connectivity index (χ0v) is 21.2. The van der Waals surface area contributed by atoms with Gasteiger partial charge in [0.15, 0.2) is 0 Å². The van der Waals surface area contributed by atoms with Crippen molar-refractivity contribution in [2.45, 2.75) is 62.7 Å². The highest BCUT2D eigenvalue weighted by Gasteiger charge is 2.31. The number of thiazole rings is 1. The molecule has 178 valence electrons. The maximum absolute atomic E-state index is 13.0. The summed E-state index contributed by atoms with van der Waals surface area (Å²) in [5.74, 6) is 0.0298. The van der Waals surface area contributed by atoms with Gasteiger partial charge in [0.05, 0.1) is 9.90 Å². The molecular weight excluding hydrogens is 478 g/mol. The van der Waals surface area contributed by atoms with Gasteiger partial charge < -0.3 is 5.32 Å². The average molecular weight is 508 g/mol. The molecule has 2 aliphatic rings. The van der Waals surface area contributed by atoms with Gasteiger partial charge in [0.1, 0.15) is 5.69 Å². The van der Waals surface area contributed by atoms with Crippen molar-refractivity contribution in [1.29, 1.82) is 0 Å². The molecule has 1 N–H and O–H groups in total. The van der Waals surface area contributed by atoms with E-state index in [9.17, 15) is 13.2 Å². The molecule has 33 heavy (non-hydrogen) atoms. The van der Waals surface area contributed by atoms with Crippen molar-refractivity contribution < 1.29 is 13.2 Å². The fourth-order valence-electron chi connectivity index (χ4n) is 4.36. The first-order valence-electron chi connectivity index (χ1n) is 11.5. The maximum Gasteiger partial charge on any atom is 0.270 e. The topological polar surface area (TPSA) is 79.4 Å². The number of nitrogens with one attached hydrogen (secondary N) is 1. The number of aromatic nitrogens is 1. The zero-order valence-electron chi connectivity index (χ0n) is 18.8. The maximum atomic E-state index is 13.0. The second kappa shape index (κ2) is 10.7. The summed E-state index contributed by atoms with van der Waals surface area (Å²) in [6.45, 7) is 3.33. The second-order valence-corrected chi connectivity index (χ2v) is 12.0. The molecule has 0 radical (unpaired) electrons. The number of aryl methyl sites for hydroxylation is 1. The quantitative estimate of drug-likeness (QED) is 0.516. The summed E-state index contributed by atoms with van der Waals surface area (Å²) in [4.78, 5) is 17.3. The predicted molar refractivity (Wildman–Crippen MR) is 133 cm³/mol. The molecule has 4 rings (SSSR count). The largest absolute Gasteiger partial charge is 0.350 e. The Labute approximate surface area is 205 Å². The van der Waals surface area contributed by atoms with Crippen molar-refractivity contribution in [3.8, 4) is 0 Å². The molecule has 2 heterocycles. The first-order valence-corrected chi connectivity index (χ1v) is 14.2. The smallest absolute Gasteiger partial charge is 0.270 e. The van der Waals surface area contributed by atoms with Crippen molar-refractivity contribution >= 4 is 38.9 Å². The summed E-state index contributed by atoms with van der Waals surface area (Å²) in [5, 5.41) is 6.15. The number of amides is 1.